The molecule has 0 amide bonds. The minimum absolute atomic E-state index is 0.309. The van der Waals surface area contributed by atoms with Crippen LogP contribution >= 0.6 is 0 Å². The molecule has 2 bridgehead atoms. The maximum Gasteiger partial charge on any atom is 0.156 e. The zero-order chi connectivity index (χ0) is 15.3. The van der Waals surface area contributed by atoms with E-state index in [4.69, 9.17) is 0 Å². The van der Waals surface area contributed by atoms with E-state index in [-0.39, 0.29) is 0 Å². The number of carbonyl (C=O) groups is 1. The monoisotopic (exact) mass is 306 g/mol. The number of allylic oxidation sites excluding steroid dienone is 4. The molecule has 0 N–H and O–H groups in total. The predicted octanol–water partition coefficient (Wildman–Crippen LogP) is 4.98. The van der Waals surface area contributed by atoms with E-state index in [1.54, 1.807) is 12.1 Å². The van der Waals surface area contributed by atoms with E-state index >= 15 is 0 Å². The summed E-state index contributed by atoms with van der Waals surface area (Å²) in [7, 11) is -2.67. The van der Waals surface area contributed by atoms with Crippen molar-refractivity contribution in [3.05, 3.63) is 22.0 Å². The lowest BCUT2D eigenvalue weighted by Gasteiger charge is -2.33. The zero-order valence-corrected chi connectivity index (χ0v) is 16.3. The summed E-state index contributed by atoms with van der Waals surface area (Å²) >= 11 is 0. The van der Waals surface area contributed by atoms with Crippen LogP contribution in [-0.4, -0.2) is 21.9 Å². The molecule has 0 aromatic heterocycles. The van der Waals surface area contributed by atoms with E-state index in [1.807, 2.05) is 5.20 Å². The van der Waals surface area contributed by atoms with Crippen molar-refractivity contribution in [3.63, 3.8) is 0 Å². The molecule has 0 saturated heterocycles. The maximum absolute atomic E-state index is 12.1. The fourth-order valence-corrected chi connectivity index (χ4v) is 11.4. The van der Waals surface area contributed by atoms with Gasteiger partial charge >= 0.3 is 0 Å². The van der Waals surface area contributed by atoms with Crippen molar-refractivity contribution in [2.75, 3.05) is 0 Å². The normalized spacial score (nSPS) is 27.4. The van der Waals surface area contributed by atoms with Crippen LogP contribution in [-0.2, 0) is 4.79 Å². The summed E-state index contributed by atoms with van der Waals surface area (Å²) in [4.78, 5) is 12.1. The SMILES string of the molecule is CC(=O)C1=CCC[C@H]2C[C@@H]1C([Si](C)(C)C)=C2[Si](C)(C)C. The van der Waals surface area contributed by atoms with Gasteiger partial charge in [-0.2, -0.15) is 0 Å². The molecule has 3 heteroatoms. The fourth-order valence-electron chi connectivity index (χ4n) is 4.39. The van der Waals surface area contributed by atoms with E-state index in [2.05, 4.69) is 45.4 Å². The van der Waals surface area contributed by atoms with Gasteiger partial charge in [-0.3, -0.25) is 4.79 Å². The third-order valence-corrected chi connectivity index (χ3v) is 9.62. The first kappa shape index (κ1) is 16.0. The van der Waals surface area contributed by atoms with Gasteiger partial charge < -0.3 is 0 Å². The summed E-state index contributed by atoms with van der Waals surface area (Å²) in [5.74, 6) is 1.54. The van der Waals surface area contributed by atoms with E-state index < -0.39 is 16.1 Å². The van der Waals surface area contributed by atoms with Crippen LogP contribution in [0.4, 0.5) is 0 Å². The summed E-state index contributed by atoms with van der Waals surface area (Å²) in [6.07, 6.45) is 5.85. The summed E-state index contributed by atoms with van der Waals surface area (Å²) in [6, 6.07) is 0. The van der Waals surface area contributed by atoms with Gasteiger partial charge in [-0.1, -0.05) is 55.8 Å². The Morgan fingerprint density at radius 2 is 1.60 bits per heavy atom. The Bertz CT molecular complexity index is 486. The van der Waals surface area contributed by atoms with Gasteiger partial charge in [-0.15, -0.1) is 0 Å². The highest BCUT2D eigenvalue weighted by molar-refractivity contribution is 6.89. The second-order valence-electron chi connectivity index (χ2n) is 8.61. The van der Waals surface area contributed by atoms with Gasteiger partial charge in [0.25, 0.3) is 0 Å². The van der Waals surface area contributed by atoms with Crippen LogP contribution in [0.25, 0.3) is 0 Å². The smallest absolute Gasteiger partial charge is 0.156 e. The molecule has 2 atom stereocenters. The summed E-state index contributed by atoms with van der Waals surface area (Å²) in [5, 5.41) is 3.59. The number of fused-ring (bicyclic) bond motifs is 2. The van der Waals surface area contributed by atoms with Crippen LogP contribution < -0.4 is 0 Å². The number of carbonyl (C=O) groups excluding carboxylic acids is 1. The molecule has 0 aliphatic heterocycles. The lowest BCUT2D eigenvalue weighted by atomic mass is 9.94. The minimum atomic E-state index is -1.37. The molecule has 0 heterocycles. The van der Waals surface area contributed by atoms with Crippen LogP contribution in [0.1, 0.15) is 26.2 Å². The van der Waals surface area contributed by atoms with Crippen molar-refractivity contribution in [1.29, 1.82) is 0 Å². The number of hydrogen-bond donors (Lipinski definition) is 0. The first-order valence-electron chi connectivity index (χ1n) is 7.99. The summed E-state index contributed by atoms with van der Waals surface area (Å²) in [5.41, 5.74) is 1.14. The molecule has 0 spiro atoms. The minimum Gasteiger partial charge on any atom is -0.295 e. The maximum atomic E-state index is 12.1. The summed E-state index contributed by atoms with van der Waals surface area (Å²) < 4.78 is 0. The molecule has 0 fully saturated rings. The third-order valence-electron chi connectivity index (χ3n) is 4.84. The van der Waals surface area contributed by atoms with Crippen molar-refractivity contribution >= 4 is 21.9 Å². The molecule has 0 aromatic carbocycles. The Balaban J connectivity index is 2.63. The molecule has 2 rings (SSSR count). The standard InChI is InChI=1S/C17H30OSi2/c1-12(18)14-10-8-9-13-11-15(14)17(20(5,6)7)16(13)19(2,3)4/h10,13,15H,8-9,11H2,1-7H3/t13-,15-/m0/s1. The van der Waals surface area contributed by atoms with Crippen LogP contribution in [0, 0.1) is 11.8 Å². The van der Waals surface area contributed by atoms with Gasteiger partial charge in [-0.05, 0) is 37.7 Å². The molecular formula is C17H30OSi2. The average Bonchev–Trinajstić information content (AvgIpc) is 2.46. The molecule has 2 aliphatic rings. The number of rotatable bonds is 3. The van der Waals surface area contributed by atoms with E-state index in [0.717, 1.165) is 17.9 Å². The van der Waals surface area contributed by atoms with Gasteiger partial charge in [0, 0.05) is 5.92 Å². The Morgan fingerprint density at radius 3 is 2.05 bits per heavy atom. The van der Waals surface area contributed by atoms with Crippen molar-refractivity contribution in [3.8, 4) is 0 Å². The molecule has 112 valence electrons. The number of hydrogen-bond acceptors (Lipinski definition) is 1. The van der Waals surface area contributed by atoms with Crippen LogP contribution in [0.15, 0.2) is 22.0 Å². The molecule has 2 aliphatic carbocycles. The Kier molecular flexibility index (Phi) is 4.07. The number of Topliss-reactive ketones (excluding diaryl/α,β-unsaturated/α-hetero) is 1. The van der Waals surface area contributed by atoms with Gasteiger partial charge in [0.1, 0.15) is 0 Å². The second-order valence-corrected chi connectivity index (χ2v) is 18.7. The first-order chi connectivity index (χ1) is 9.03. The highest BCUT2D eigenvalue weighted by Crippen LogP contribution is 2.51. The zero-order valence-electron chi connectivity index (χ0n) is 14.3. The van der Waals surface area contributed by atoms with Crippen molar-refractivity contribution in [2.24, 2.45) is 11.8 Å². The molecule has 0 radical (unpaired) electrons. The third kappa shape index (κ3) is 2.80. The molecule has 0 unspecified atom stereocenters. The quantitative estimate of drug-likeness (QED) is 0.672. The first-order valence-corrected chi connectivity index (χ1v) is 15.0. The van der Waals surface area contributed by atoms with Gasteiger partial charge in [0.15, 0.2) is 5.78 Å². The van der Waals surface area contributed by atoms with Crippen molar-refractivity contribution in [1.82, 2.24) is 0 Å². The molecule has 0 saturated carbocycles. The summed E-state index contributed by atoms with van der Waals surface area (Å²) in [6.45, 7) is 16.7. The topological polar surface area (TPSA) is 17.1 Å². The van der Waals surface area contributed by atoms with Gasteiger partial charge in [-0.25, -0.2) is 0 Å². The fraction of sp³-hybridized carbons (Fsp3) is 0.706. The molecular weight excluding hydrogens is 276 g/mol. The second kappa shape index (κ2) is 5.09. The van der Waals surface area contributed by atoms with Gasteiger partial charge in [0.2, 0.25) is 0 Å². The largest absolute Gasteiger partial charge is 0.295 e. The molecule has 0 aromatic rings. The van der Waals surface area contributed by atoms with Crippen LogP contribution in [0.2, 0.25) is 39.3 Å². The molecule has 20 heavy (non-hydrogen) atoms. The van der Waals surface area contributed by atoms with Crippen molar-refractivity contribution < 1.29 is 4.79 Å². The highest BCUT2D eigenvalue weighted by Gasteiger charge is 2.45. The van der Waals surface area contributed by atoms with Crippen molar-refractivity contribution in [2.45, 2.75) is 65.5 Å². The Hall–Kier alpha value is -0.416. The Labute approximate surface area is 126 Å². The highest BCUT2D eigenvalue weighted by atomic mass is 28.3. The van der Waals surface area contributed by atoms with Crippen LogP contribution in [0.3, 0.4) is 0 Å². The van der Waals surface area contributed by atoms with Crippen LogP contribution in [0.5, 0.6) is 0 Å². The van der Waals surface area contributed by atoms with Gasteiger partial charge in [0.05, 0.1) is 16.1 Å². The average molecular weight is 307 g/mol. The molecule has 1 nitrogen and oxygen atoms in total. The van der Waals surface area contributed by atoms with E-state index in [9.17, 15) is 4.79 Å². The number of ketones is 1. The Morgan fingerprint density at radius 1 is 1.05 bits per heavy atom. The lowest BCUT2D eigenvalue weighted by molar-refractivity contribution is -0.114. The predicted molar refractivity (Wildman–Crippen MR) is 93.3 cm³/mol. The lowest BCUT2D eigenvalue weighted by Crippen LogP contribution is -2.36. The van der Waals surface area contributed by atoms with E-state index in [0.29, 0.717) is 11.7 Å². The van der Waals surface area contributed by atoms with E-state index in [1.165, 1.54) is 12.8 Å².